The fourth-order valence-electron chi connectivity index (χ4n) is 3.01. The second kappa shape index (κ2) is 7.43. The maximum atomic E-state index is 6.39. The van der Waals surface area contributed by atoms with Crippen LogP contribution in [0.3, 0.4) is 0 Å². The van der Waals surface area contributed by atoms with E-state index in [-0.39, 0.29) is 0 Å². The van der Waals surface area contributed by atoms with Crippen molar-refractivity contribution >= 4 is 11.6 Å². The molecule has 1 fully saturated rings. The molecule has 2 rings (SSSR count). The maximum Gasteiger partial charge on any atom is 0.0860 e. The number of likely N-dealkylation sites (tertiary alicyclic amines) is 1. The lowest BCUT2D eigenvalue weighted by molar-refractivity contribution is 0.168. The largest absolute Gasteiger partial charge is 0.320 e. The highest BCUT2D eigenvalue weighted by molar-refractivity contribution is 6.31. The van der Waals surface area contributed by atoms with Crippen LogP contribution in [0.2, 0.25) is 5.02 Å². The van der Waals surface area contributed by atoms with Gasteiger partial charge in [0, 0.05) is 13.1 Å². The molecule has 20 heavy (non-hydrogen) atoms. The predicted octanol–water partition coefficient (Wildman–Crippen LogP) is 2.69. The van der Waals surface area contributed by atoms with Crippen LogP contribution < -0.4 is 5.32 Å². The van der Waals surface area contributed by atoms with Gasteiger partial charge in [0.25, 0.3) is 0 Å². The topological polar surface area (TPSA) is 33.1 Å². The summed E-state index contributed by atoms with van der Waals surface area (Å²) >= 11 is 6.39. The van der Waals surface area contributed by atoms with Crippen molar-refractivity contribution in [3.63, 3.8) is 0 Å². The van der Waals surface area contributed by atoms with Gasteiger partial charge in [-0.3, -0.25) is 9.58 Å². The summed E-state index contributed by atoms with van der Waals surface area (Å²) in [6.07, 6.45) is 3.91. The standard InChI is InChI=1S/C15H27ClN4/c1-4-20-14(15(16)12(2)18-20)11-19-9-6-13(7-10-19)5-8-17-3/h13,17H,4-11H2,1-3H3. The maximum absolute atomic E-state index is 6.39. The average Bonchev–Trinajstić information content (AvgIpc) is 2.74. The molecule has 114 valence electrons. The van der Waals surface area contributed by atoms with Crippen molar-refractivity contribution in [2.75, 3.05) is 26.7 Å². The Morgan fingerprint density at radius 2 is 2.05 bits per heavy atom. The molecule has 0 saturated carbocycles. The summed E-state index contributed by atoms with van der Waals surface area (Å²) in [5.41, 5.74) is 2.13. The molecule has 1 aromatic rings. The summed E-state index contributed by atoms with van der Waals surface area (Å²) in [5, 5.41) is 8.60. The van der Waals surface area contributed by atoms with Crippen LogP contribution in [0.1, 0.15) is 37.6 Å². The van der Waals surface area contributed by atoms with Crippen LogP contribution in [0.5, 0.6) is 0 Å². The third-order valence-electron chi connectivity index (χ3n) is 4.34. The van der Waals surface area contributed by atoms with Gasteiger partial charge >= 0.3 is 0 Å². The van der Waals surface area contributed by atoms with E-state index in [0.717, 1.165) is 36.3 Å². The molecule has 1 aliphatic rings. The van der Waals surface area contributed by atoms with Gasteiger partial charge in [-0.15, -0.1) is 0 Å². The number of piperidine rings is 1. The summed E-state index contributed by atoms with van der Waals surface area (Å²) in [5.74, 6) is 0.881. The molecule has 0 aromatic carbocycles. The Hall–Kier alpha value is -0.580. The lowest BCUT2D eigenvalue weighted by atomic mass is 9.93. The van der Waals surface area contributed by atoms with Gasteiger partial charge in [0.2, 0.25) is 0 Å². The Kier molecular flexibility index (Phi) is 5.87. The summed E-state index contributed by atoms with van der Waals surface area (Å²) in [7, 11) is 2.03. The van der Waals surface area contributed by atoms with E-state index in [1.165, 1.54) is 38.0 Å². The molecular formula is C15H27ClN4. The van der Waals surface area contributed by atoms with Crippen LogP contribution in [0, 0.1) is 12.8 Å². The number of aromatic nitrogens is 2. The van der Waals surface area contributed by atoms with Crippen molar-refractivity contribution in [1.82, 2.24) is 20.0 Å². The van der Waals surface area contributed by atoms with Gasteiger partial charge in [0.1, 0.15) is 0 Å². The average molecular weight is 299 g/mol. The minimum absolute atomic E-state index is 0.851. The van der Waals surface area contributed by atoms with Gasteiger partial charge < -0.3 is 5.32 Å². The van der Waals surface area contributed by atoms with E-state index in [9.17, 15) is 0 Å². The molecule has 0 atom stereocenters. The lowest BCUT2D eigenvalue weighted by Crippen LogP contribution is -2.34. The molecule has 1 saturated heterocycles. The number of hydrogen-bond donors (Lipinski definition) is 1. The highest BCUT2D eigenvalue weighted by atomic mass is 35.5. The monoisotopic (exact) mass is 298 g/mol. The molecule has 1 aliphatic heterocycles. The molecular weight excluding hydrogens is 272 g/mol. The van der Waals surface area contributed by atoms with Crippen molar-refractivity contribution in [1.29, 1.82) is 0 Å². The number of aryl methyl sites for hydroxylation is 2. The third kappa shape index (κ3) is 3.74. The van der Waals surface area contributed by atoms with Crippen LogP contribution in [0.25, 0.3) is 0 Å². The Bertz CT molecular complexity index is 422. The number of halogens is 1. The van der Waals surface area contributed by atoms with Gasteiger partial charge in [0.05, 0.1) is 16.4 Å². The molecule has 0 aliphatic carbocycles. The quantitative estimate of drug-likeness (QED) is 0.876. The Morgan fingerprint density at radius 3 is 2.65 bits per heavy atom. The second-order valence-electron chi connectivity index (χ2n) is 5.77. The van der Waals surface area contributed by atoms with Gasteiger partial charge in [-0.25, -0.2) is 0 Å². The van der Waals surface area contributed by atoms with Crippen LogP contribution in [0.15, 0.2) is 0 Å². The van der Waals surface area contributed by atoms with Crippen molar-refractivity contribution in [3.8, 4) is 0 Å². The van der Waals surface area contributed by atoms with Gasteiger partial charge in [0.15, 0.2) is 0 Å². The summed E-state index contributed by atoms with van der Waals surface area (Å²) in [4.78, 5) is 2.52. The third-order valence-corrected chi connectivity index (χ3v) is 4.83. The second-order valence-corrected chi connectivity index (χ2v) is 6.15. The molecule has 1 aromatic heterocycles. The zero-order valence-corrected chi connectivity index (χ0v) is 13.7. The first-order chi connectivity index (χ1) is 9.65. The minimum Gasteiger partial charge on any atom is -0.320 e. The first kappa shape index (κ1) is 15.8. The smallest absolute Gasteiger partial charge is 0.0860 e. The molecule has 0 spiro atoms. The van der Waals surface area contributed by atoms with E-state index in [1.807, 2.05) is 18.7 Å². The summed E-state index contributed by atoms with van der Waals surface area (Å²) in [6, 6.07) is 0. The van der Waals surface area contributed by atoms with E-state index >= 15 is 0 Å². The number of rotatable bonds is 6. The normalized spacial score (nSPS) is 17.8. The van der Waals surface area contributed by atoms with E-state index in [4.69, 9.17) is 11.6 Å². The van der Waals surface area contributed by atoms with Crippen LogP contribution in [-0.2, 0) is 13.1 Å². The Labute approximate surface area is 127 Å². The van der Waals surface area contributed by atoms with E-state index in [0.29, 0.717) is 0 Å². The van der Waals surface area contributed by atoms with E-state index in [2.05, 4.69) is 22.2 Å². The van der Waals surface area contributed by atoms with Crippen LogP contribution in [0.4, 0.5) is 0 Å². The van der Waals surface area contributed by atoms with Gasteiger partial charge in [-0.1, -0.05) is 11.6 Å². The number of hydrogen-bond acceptors (Lipinski definition) is 3. The summed E-state index contributed by atoms with van der Waals surface area (Å²) in [6.45, 7) is 9.43. The zero-order chi connectivity index (χ0) is 14.5. The van der Waals surface area contributed by atoms with Crippen molar-refractivity contribution in [2.24, 2.45) is 5.92 Å². The van der Waals surface area contributed by atoms with E-state index in [1.54, 1.807) is 0 Å². The van der Waals surface area contributed by atoms with Gasteiger partial charge in [-0.05, 0) is 65.7 Å². The molecule has 1 N–H and O–H groups in total. The molecule has 0 amide bonds. The molecule has 2 heterocycles. The molecule has 4 nitrogen and oxygen atoms in total. The Balaban J connectivity index is 1.89. The van der Waals surface area contributed by atoms with Crippen LogP contribution >= 0.6 is 11.6 Å². The fourth-order valence-corrected chi connectivity index (χ4v) is 3.21. The molecule has 0 radical (unpaired) electrons. The Morgan fingerprint density at radius 1 is 1.35 bits per heavy atom. The first-order valence-electron chi connectivity index (χ1n) is 7.74. The number of nitrogens with one attached hydrogen (secondary N) is 1. The molecule has 5 heteroatoms. The zero-order valence-electron chi connectivity index (χ0n) is 13.0. The van der Waals surface area contributed by atoms with Crippen LogP contribution in [-0.4, -0.2) is 41.4 Å². The number of nitrogens with zero attached hydrogens (tertiary/aromatic N) is 3. The van der Waals surface area contributed by atoms with Crippen molar-refractivity contribution in [3.05, 3.63) is 16.4 Å². The van der Waals surface area contributed by atoms with Crippen molar-refractivity contribution in [2.45, 2.75) is 46.2 Å². The van der Waals surface area contributed by atoms with E-state index < -0.39 is 0 Å². The lowest BCUT2D eigenvalue weighted by Gasteiger charge is -2.32. The predicted molar refractivity (Wildman–Crippen MR) is 84.2 cm³/mol. The minimum atomic E-state index is 0.851. The molecule has 0 unspecified atom stereocenters. The SMILES string of the molecule is CCn1nc(C)c(Cl)c1CN1CCC(CCNC)CC1. The van der Waals surface area contributed by atoms with Gasteiger partial charge in [-0.2, -0.15) is 5.10 Å². The summed E-state index contributed by atoms with van der Waals surface area (Å²) < 4.78 is 2.05. The van der Waals surface area contributed by atoms with Crippen molar-refractivity contribution < 1.29 is 0 Å². The molecule has 0 bridgehead atoms. The highest BCUT2D eigenvalue weighted by Gasteiger charge is 2.21. The first-order valence-corrected chi connectivity index (χ1v) is 8.12. The fraction of sp³-hybridized carbons (Fsp3) is 0.800. The highest BCUT2D eigenvalue weighted by Crippen LogP contribution is 2.25.